The Kier molecular flexibility index (Phi) is 67.4. The van der Waals surface area contributed by atoms with E-state index >= 15 is 0 Å². The van der Waals surface area contributed by atoms with Crippen LogP contribution in [0.5, 0.6) is 0 Å². The molecule has 6 heteroatoms. The molecule has 0 bridgehead atoms. The van der Waals surface area contributed by atoms with Crippen molar-refractivity contribution in [2.24, 2.45) is 0 Å². The van der Waals surface area contributed by atoms with E-state index in [-0.39, 0.29) is 18.5 Å². The Morgan fingerprint density at radius 2 is 0.625 bits per heavy atom. The zero-order chi connectivity index (χ0) is 57.8. The van der Waals surface area contributed by atoms with Crippen LogP contribution >= 0.6 is 0 Å². The summed E-state index contributed by atoms with van der Waals surface area (Å²) in [7, 11) is 0. The van der Waals surface area contributed by atoms with E-state index in [2.05, 4.69) is 55.6 Å². The van der Waals surface area contributed by atoms with Gasteiger partial charge in [0.15, 0.2) is 0 Å². The monoisotopic (exact) mass is 1120 g/mol. The number of nitrogens with one attached hydrogen (secondary N) is 1. The third-order valence-electron chi connectivity index (χ3n) is 16.6. The Morgan fingerprint density at radius 3 is 0.963 bits per heavy atom. The summed E-state index contributed by atoms with van der Waals surface area (Å²) in [6.07, 6.45) is 90.5. The summed E-state index contributed by atoms with van der Waals surface area (Å²) < 4.78 is 5.50. The summed E-state index contributed by atoms with van der Waals surface area (Å²) in [6, 6.07) is -0.628. The lowest BCUT2D eigenvalue weighted by Crippen LogP contribution is -2.45. The molecule has 470 valence electrons. The van der Waals surface area contributed by atoms with E-state index in [1.165, 1.54) is 308 Å². The molecule has 0 fully saturated rings. The normalized spacial score (nSPS) is 12.8. The number of aliphatic hydroxyl groups excluding tert-OH is 2. The number of allylic oxidation sites excluding steroid dienone is 7. The maximum absolute atomic E-state index is 12.5. The molecular formula is C74H139NO5. The number of hydrogen-bond acceptors (Lipinski definition) is 5. The molecule has 0 aromatic rings. The fourth-order valence-corrected chi connectivity index (χ4v) is 11.1. The molecule has 0 aliphatic heterocycles. The van der Waals surface area contributed by atoms with Crippen molar-refractivity contribution < 1.29 is 24.5 Å². The minimum Gasteiger partial charge on any atom is -0.466 e. The van der Waals surface area contributed by atoms with Crippen molar-refractivity contribution in [2.45, 2.75) is 398 Å². The van der Waals surface area contributed by atoms with Gasteiger partial charge in [-0.25, -0.2) is 0 Å². The highest BCUT2D eigenvalue weighted by molar-refractivity contribution is 5.76. The maximum Gasteiger partial charge on any atom is 0.305 e. The molecule has 3 N–H and O–H groups in total. The number of amides is 1. The number of carbonyl (C=O) groups excluding carboxylic acids is 2. The van der Waals surface area contributed by atoms with Gasteiger partial charge in [0, 0.05) is 12.8 Å². The molecule has 0 heterocycles. The van der Waals surface area contributed by atoms with Gasteiger partial charge in [-0.2, -0.15) is 0 Å². The molecular weight excluding hydrogens is 983 g/mol. The molecule has 0 saturated heterocycles. The molecule has 0 spiro atoms. The predicted octanol–water partition coefficient (Wildman–Crippen LogP) is 23.3. The van der Waals surface area contributed by atoms with Gasteiger partial charge in [-0.3, -0.25) is 9.59 Å². The number of aliphatic hydroxyl groups is 2. The summed E-state index contributed by atoms with van der Waals surface area (Å²) in [5, 5.41) is 23.1. The van der Waals surface area contributed by atoms with Crippen LogP contribution in [0.2, 0.25) is 0 Å². The van der Waals surface area contributed by atoms with E-state index in [1.54, 1.807) is 6.08 Å². The summed E-state index contributed by atoms with van der Waals surface area (Å²) in [4.78, 5) is 24.6. The molecule has 2 atom stereocenters. The maximum atomic E-state index is 12.5. The Balaban J connectivity index is 3.39. The second kappa shape index (κ2) is 69.3. The average Bonchev–Trinajstić information content (AvgIpc) is 3.46. The highest BCUT2D eigenvalue weighted by Crippen LogP contribution is 2.18. The molecule has 6 nitrogen and oxygen atoms in total. The molecule has 0 aliphatic rings. The van der Waals surface area contributed by atoms with Gasteiger partial charge in [0.05, 0.1) is 25.4 Å². The lowest BCUT2D eigenvalue weighted by molar-refractivity contribution is -0.143. The van der Waals surface area contributed by atoms with Gasteiger partial charge in [-0.1, -0.05) is 332 Å². The Hall–Kier alpha value is -2.18. The first-order valence-corrected chi connectivity index (χ1v) is 35.9. The molecule has 0 radical (unpaired) electrons. The lowest BCUT2D eigenvalue weighted by Gasteiger charge is -2.20. The summed E-state index contributed by atoms with van der Waals surface area (Å²) >= 11 is 0. The van der Waals surface area contributed by atoms with Crippen LogP contribution < -0.4 is 5.32 Å². The Bertz CT molecular complexity index is 1340. The first kappa shape index (κ1) is 77.8. The van der Waals surface area contributed by atoms with Crippen molar-refractivity contribution in [3.05, 3.63) is 48.6 Å². The van der Waals surface area contributed by atoms with Gasteiger partial charge in [0.1, 0.15) is 0 Å². The van der Waals surface area contributed by atoms with Crippen molar-refractivity contribution >= 4 is 11.9 Å². The van der Waals surface area contributed by atoms with Crippen LogP contribution in [0.3, 0.4) is 0 Å². The molecule has 0 aromatic heterocycles. The van der Waals surface area contributed by atoms with Crippen molar-refractivity contribution in [1.82, 2.24) is 5.32 Å². The Labute approximate surface area is 499 Å². The minimum atomic E-state index is -0.844. The Morgan fingerprint density at radius 1 is 0.350 bits per heavy atom. The van der Waals surface area contributed by atoms with Gasteiger partial charge in [0.25, 0.3) is 0 Å². The fourth-order valence-electron chi connectivity index (χ4n) is 11.1. The number of rotatable bonds is 67. The molecule has 0 aliphatic carbocycles. The summed E-state index contributed by atoms with van der Waals surface area (Å²) in [5.41, 5.74) is 0. The number of ether oxygens (including phenoxy) is 1. The van der Waals surface area contributed by atoms with E-state index in [0.29, 0.717) is 19.4 Å². The highest BCUT2D eigenvalue weighted by atomic mass is 16.5. The lowest BCUT2D eigenvalue weighted by atomic mass is 10.0. The van der Waals surface area contributed by atoms with Crippen molar-refractivity contribution in [3.63, 3.8) is 0 Å². The molecule has 0 saturated carbocycles. The number of carbonyl (C=O) groups is 2. The fraction of sp³-hybridized carbons (Fsp3) is 0.865. The average molecular weight is 1120 g/mol. The van der Waals surface area contributed by atoms with Crippen LogP contribution in [0, 0.1) is 0 Å². The first-order valence-electron chi connectivity index (χ1n) is 35.9. The SMILES string of the molecule is CCCCCCCCC/C=C\CCCCCCCCCC(=O)OCCCCCCCCCCC/C=C\C/C=C\CCCCCCCCCCCCCCCCCC(=O)NC(CO)C(O)/C=C/CCCCCCCCCCCCCC. The smallest absolute Gasteiger partial charge is 0.305 e. The second-order valence-electron chi connectivity index (χ2n) is 24.6. The molecule has 0 rings (SSSR count). The minimum absolute atomic E-state index is 0.0102. The third-order valence-corrected chi connectivity index (χ3v) is 16.6. The van der Waals surface area contributed by atoms with Crippen LogP contribution in [0.25, 0.3) is 0 Å². The first-order chi connectivity index (χ1) is 39.5. The van der Waals surface area contributed by atoms with Gasteiger partial charge < -0.3 is 20.3 Å². The zero-order valence-corrected chi connectivity index (χ0v) is 53.8. The molecule has 2 unspecified atom stereocenters. The van der Waals surface area contributed by atoms with E-state index in [4.69, 9.17) is 4.74 Å². The number of esters is 1. The summed E-state index contributed by atoms with van der Waals surface area (Å²) in [5.74, 6) is -0.0560. The number of hydrogen-bond donors (Lipinski definition) is 3. The van der Waals surface area contributed by atoms with E-state index in [9.17, 15) is 19.8 Å². The van der Waals surface area contributed by atoms with Crippen LogP contribution in [-0.2, 0) is 14.3 Å². The summed E-state index contributed by atoms with van der Waals surface area (Å²) in [6.45, 7) is 4.92. The topological polar surface area (TPSA) is 95.9 Å². The van der Waals surface area contributed by atoms with Crippen molar-refractivity contribution in [1.29, 1.82) is 0 Å². The molecule has 80 heavy (non-hydrogen) atoms. The van der Waals surface area contributed by atoms with E-state index in [1.807, 2.05) is 6.08 Å². The van der Waals surface area contributed by atoms with Crippen LogP contribution in [0.4, 0.5) is 0 Å². The van der Waals surface area contributed by atoms with Gasteiger partial charge in [-0.05, 0) is 89.9 Å². The largest absolute Gasteiger partial charge is 0.466 e. The predicted molar refractivity (Wildman–Crippen MR) is 352 cm³/mol. The second-order valence-corrected chi connectivity index (χ2v) is 24.6. The van der Waals surface area contributed by atoms with Gasteiger partial charge >= 0.3 is 5.97 Å². The molecule has 0 aromatic carbocycles. The van der Waals surface area contributed by atoms with E-state index < -0.39 is 12.1 Å². The third kappa shape index (κ3) is 65.0. The van der Waals surface area contributed by atoms with Crippen molar-refractivity contribution in [3.8, 4) is 0 Å². The highest BCUT2D eigenvalue weighted by Gasteiger charge is 2.18. The van der Waals surface area contributed by atoms with E-state index in [0.717, 1.165) is 51.4 Å². The van der Waals surface area contributed by atoms with Gasteiger partial charge in [-0.15, -0.1) is 0 Å². The number of unbranched alkanes of at least 4 members (excludes halogenated alkanes) is 50. The zero-order valence-electron chi connectivity index (χ0n) is 53.8. The van der Waals surface area contributed by atoms with Crippen LogP contribution in [0.15, 0.2) is 48.6 Å². The van der Waals surface area contributed by atoms with Crippen LogP contribution in [-0.4, -0.2) is 47.4 Å². The molecule has 1 amide bonds. The van der Waals surface area contributed by atoms with Gasteiger partial charge in [0.2, 0.25) is 5.91 Å². The quantitative estimate of drug-likeness (QED) is 0.0320. The van der Waals surface area contributed by atoms with Crippen molar-refractivity contribution in [2.75, 3.05) is 13.2 Å². The standard InChI is InChI=1S/C74H139NO5/c1-3-5-7-9-11-13-15-17-19-20-37-40-44-48-52-56-60-64-68-74(79)80-69-65-61-57-53-49-45-41-38-35-33-31-29-27-25-23-21-22-24-26-28-30-32-34-36-39-43-47-51-55-59-63-67-73(78)75-71(70-76)72(77)66-62-58-54-50-46-42-18-16-14-12-10-8-6-4-2/h19-20,23,25,29,31,62,66,71-72,76-77H,3-18,21-22,24,26-28,30,32-61,63-65,67-70H2,1-2H3,(H,75,78)/b20-19-,25-23-,31-29-,66-62+. The van der Waals surface area contributed by atoms with Crippen LogP contribution in [0.1, 0.15) is 386 Å².